The first kappa shape index (κ1) is 18.6. The van der Waals surface area contributed by atoms with Crippen molar-refractivity contribution in [1.29, 1.82) is 0 Å². The zero-order valence-electron chi connectivity index (χ0n) is 14.8. The minimum absolute atomic E-state index is 0.173. The average molecular weight is 415 g/mol. The van der Waals surface area contributed by atoms with E-state index in [1.807, 2.05) is 29.6 Å². The van der Waals surface area contributed by atoms with Gasteiger partial charge in [0.1, 0.15) is 6.04 Å². The Morgan fingerprint density at radius 1 is 1.21 bits per heavy atom. The molecule has 0 saturated carbocycles. The highest BCUT2D eigenvalue weighted by molar-refractivity contribution is 7.22. The second-order valence-corrected chi connectivity index (χ2v) is 8.25. The zero-order chi connectivity index (χ0) is 19.5. The molecule has 4 rings (SSSR count). The molecule has 1 aliphatic rings. The predicted octanol–water partition coefficient (Wildman–Crippen LogP) is 3.14. The lowest BCUT2D eigenvalue weighted by molar-refractivity contribution is -0.151. The van der Waals surface area contributed by atoms with Crippen molar-refractivity contribution in [3.05, 3.63) is 46.7 Å². The number of benzene rings is 1. The van der Waals surface area contributed by atoms with Crippen molar-refractivity contribution in [3.63, 3.8) is 0 Å². The number of likely N-dealkylation sites (tertiary alicyclic amines) is 1. The van der Waals surface area contributed by atoms with Gasteiger partial charge in [0.25, 0.3) is 11.8 Å². The molecule has 1 saturated heterocycles. The van der Waals surface area contributed by atoms with E-state index in [1.165, 1.54) is 27.6 Å². The molecule has 1 fully saturated rings. The van der Waals surface area contributed by atoms with Crippen LogP contribution in [-0.2, 0) is 14.3 Å². The average Bonchev–Trinajstić information content (AvgIpc) is 3.45. The van der Waals surface area contributed by atoms with E-state index in [-0.39, 0.29) is 5.91 Å². The molecule has 3 aromatic rings. The van der Waals surface area contributed by atoms with Crippen molar-refractivity contribution in [2.75, 3.05) is 18.5 Å². The third-order valence-corrected chi connectivity index (χ3v) is 6.21. The molecule has 144 valence electrons. The number of hydrogen-bond acceptors (Lipinski definition) is 7. The number of thiazole rings is 1. The Labute approximate surface area is 168 Å². The number of aromatic nitrogens is 1. The lowest BCUT2D eigenvalue weighted by Gasteiger charge is -2.22. The normalized spacial score (nSPS) is 16.3. The minimum Gasteiger partial charge on any atom is -0.454 e. The van der Waals surface area contributed by atoms with Gasteiger partial charge in [0.05, 0.1) is 15.1 Å². The van der Waals surface area contributed by atoms with Gasteiger partial charge in [0.15, 0.2) is 11.7 Å². The highest BCUT2D eigenvalue weighted by Gasteiger charge is 2.36. The first-order valence-electron chi connectivity index (χ1n) is 8.78. The van der Waals surface area contributed by atoms with Gasteiger partial charge in [-0.2, -0.15) is 0 Å². The summed E-state index contributed by atoms with van der Waals surface area (Å²) in [5, 5.41) is 4.92. The monoisotopic (exact) mass is 415 g/mol. The molecule has 7 nitrogen and oxygen atoms in total. The molecular weight excluding hydrogens is 398 g/mol. The molecule has 1 unspecified atom stereocenters. The number of ether oxygens (including phenoxy) is 1. The van der Waals surface area contributed by atoms with Crippen LogP contribution in [0.5, 0.6) is 0 Å². The Hall–Kier alpha value is -2.78. The summed E-state index contributed by atoms with van der Waals surface area (Å²) in [4.78, 5) is 43.5. The topological polar surface area (TPSA) is 88.6 Å². The first-order chi connectivity index (χ1) is 13.6. The number of fused-ring (bicyclic) bond motifs is 1. The van der Waals surface area contributed by atoms with E-state index in [1.54, 1.807) is 12.1 Å². The SMILES string of the molecule is O=C(COC(=O)C1CCCN1C(=O)c1cccs1)Nc1nc2ccccc2s1. The molecule has 3 heterocycles. The summed E-state index contributed by atoms with van der Waals surface area (Å²) in [6, 6.07) is 10.4. The Kier molecular flexibility index (Phi) is 5.36. The number of carbonyl (C=O) groups excluding carboxylic acids is 3. The van der Waals surface area contributed by atoms with Crippen LogP contribution in [0.3, 0.4) is 0 Å². The number of anilines is 1. The summed E-state index contributed by atoms with van der Waals surface area (Å²) in [6.45, 7) is 0.0979. The van der Waals surface area contributed by atoms with Crippen LogP contribution < -0.4 is 5.32 Å². The number of para-hydroxylation sites is 1. The standard InChI is InChI=1S/C19H17N3O4S2/c23-16(21-19-20-12-5-1-2-7-14(12)28-19)11-26-18(25)13-6-3-9-22(13)17(24)15-8-4-10-27-15/h1-2,4-5,7-8,10,13H,3,6,9,11H2,(H,20,21,23). The molecule has 2 amide bonds. The Balaban J connectivity index is 1.33. The van der Waals surface area contributed by atoms with Crippen LogP contribution in [0.4, 0.5) is 5.13 Å². The highest BCUT2D eigenvalue weighted by atomic mass is 32.1. The summed E-state index contributed by atoms with van der Waals surface area (Å²) < 4.78 is 6.13. The first-order valence-corrected chi connectivity index (χ1v) is 10.5. The van der Waals surface area contributed by atoms with E-state index in [0.717, 1.165) is 16.6 Å². The summed E-state index contributed by atoms with van der Waals surface area (Å²) in [5.74, 6) is -1.18. The van der Waals surface area contributed by atoms with Gasteiger partial charge in [-0.25, -0.2) is 9.78 Å². The maximum absolute atomic E-state index is 12.5. The van der Waals surface area contributed by atoms with Crippen LogP contribution in [0.1, 0.15) is 22.5 Å². The smallest absolute Gasteiger partial charge is 0.329 e. The summed E-state index contributed by atoms with van der Waals surface area (Å²) >= 11 is 2.69. The van der Waals surface area contributed by atoms with Crippen LogP contribution in [0.2, 0.25) is 0 Å². The van der Waals surface area contributed by atoms with Gasteiger partial charge in [0.2, 0.25) is 0 Å². The van der Waals surface area contributed by atoms with Crippen molar-refractivity contribution in [2.24, 2.45) is 0 Å². The molecule has 0 aliphatic carbocycles. The van der Waals surface area contributed by atoms with Gasteiger partial charge in [-0.1, -0.05) is 29.5 Å². The number of nitrogens with one attached hydrogen (secondary N) is 1. The van der Waals surface area contributed by atoms with Crippen molar-refractivity contribution in [3.8, 4) is 0 Å². The number of amides is 2. The fraction of sp³-hybridized carbons (Fsp3) is 0.263. The van der Waals surface area contributed by atoms with E-state index in [9.17, 15) is 14.4 Å². The lowest BCUT2D eigenvalue weighted by atomic mass is 10.2. The molecule has 0 spiro atoms. The van der Waals surface area contributed by atoms with Gasteiger partial charge >= 0.3 is 5.97 Å². The van der Waals surface area contributed by atoms with Gasteiger partial charge in [-0.15, -0.1) is 11.3 Å². The van der Waals surface area contributed by atoms with Gasteiger partial charge < -0.3 is 9.64 Å². The van der Waals surface area contributed by atoms with Crippen molar-refractivity contribution >= 4 is 55.8 Å². The molecule has 1 atom stereocenters. The number of thiophene rings is 1. The Morgan fingerprint density at radius 2 is 2.07 bits per heavy atom. The Morgan fingerprint density at radius 3 is 2.86 bits per heavy atom. The van der Waals surface area contributed by atoms with Crippen molar-refractivity contribution in [1.82, 2.24) is 9.88 Å². The van der Waals surface area contributed by atoms with E-state index in [0.29, 0.717) is 23.0 Å². The van der Waals surface area contributed by atoms with Crippen LogP contribution in [-0.4, -0.2) is 46.9 Å². The second kappa shape index (κ2) is 8.07. The molecule has 28 heavy (non-hydrogen) atoms. The molecule has 1 N–H and O–H groups in total. The number of hydrogen-bond donors (Lipinski definition) is 1. The number of rotatable bonds is 5. The van der Waals surface area contributed by atoms with Gasteiger partial charge in [0, 0.05) is 6.54 Å². The third kappa shape index (κ3) is 3.90. The van der Waals surface area contributed by atoms with Crippen LogP contribution in [0.15, 0.2) is 41.8 Å². The number of nitrogens with zero attached hydrogens (tertiary/aromatic N) is 2. The quantitative estimate of drug-likeness (QED) is 0.647. The summed E-state index contributed by atoms with van der Waals surface area (Å²) in [7, 11) is 0. The summed E-state index contributed by atoms with van der Waals surface area (Å²) in [6.07, 6.45) is 1.27. The maximum Gasteiger partial charge on any atom is 0.329 e. The zero-order valence-corrected chi connectivity index (χ0v) is 16.4. The predicted molar refractivity (Wildman–Crippen MR) is 108 cm³/mol. The molecule has 2 aromatic heterocycles. The highest BCUT2D eigenvalue weighted by Crippen LogP contribution is 2.25. The molecule has 0 radical (unpaired) electrons. The van der Waals surface area contributed by atoms with E-state index >= 15 is 0 Å². The molecule has 1 aliphatic heterocycles. The molecule has 9 heteroatoms. The molecule has 1 aromatic carbocycles. The van der Waals surface area contributed by atoms with E-state index in [2.05, 4.69) is 10.3 Å². The fourth-order valence-electron chi connectivity index (χ4n) is 3.11. The Bertz CT molecular complexity index is 982. The van der Waals surface area contributed by atoms with E-state index < -0.39 is 24.5 Å². The van der Waals surface area contributed by atoms with Crippen molar-refractivity contribution < 1.29 is 19.1 Å². The van der Waals surface area contributed by atoms with Gasteiger partial charge in [-0.3, -0.25) is 14.9 Å². The molecular formula is C19H17N3O4S2. The van der Waals surface area contributed by atoms with Crippen LogP contribution >= 0.6 is 22.7 Å². The third-order valence-electron chi connectivity index (χ3n) is 4.40. The largest absolute Gasteiger partial charge is 0.454 e. The van der Waals surface area contributed by atoms with Crippen LogP contribution in [0.25, 0.3) is 10.2 Å². The van der Waals surface area contributed by atoms with Gasteiger partial charge in [-0.05, 0) is 36.4 Å². The minimum atomic E-state index is -0.648. The second-order valence-electron chi connectivity index (χ2n) is 6.28. The van der Waals surface area contributed by atoms with E-state index in [4.69, 9.17) is 4.74 Å². The fourth-order valence-corrected chi connectivity index (χ4v) is 4.67. The maximum atomic E-state index is 12.5. The molecule has 0 bridgehead atoms. The summed E-state index contributed by atoms with van der Waals surface area (Å²) in [5.41, 5.74) is 0.800. The number of carbonyl (C=O) groups is 3. The van der Waals surface area contributed by atoms with Crippen molar-refractivity contribution in [2.45, 2.75) is 18.9 Å². The lowest BCUT2D eigenvalue weighted by Crippen LogP contribution is -2.41. The number of esters is 1. The van der Waals surface area contributed by atoms with Crippen LogP contribution in [0, 0.1) is 0 Å².